The van der Waals surface area contributed by atoms with E-state index >= 15 is 0 Å². The van der Waals surface area contributed by atoms with E-state index in [1.54, 1.807) is 0 Å². The summed E-state index contributed by atoms with van der Waals surface area (Å²) in [6.45, 7) is 0. The van der Waals surface area contributed by atoms with Gasteiger partial charge in [0.25, 0.3) is 0 Å². The van der Waals surface area contributed by atoms with Gasteiger partial charge in [-0.25, -0.2) is 0 Å². The summed E-state index contributed by atoms with van der Waals surface area (Å²) in [5, 5.41) is 6.87. The van der Waals surface area contributed by atoms with Gasteiger partial charge in [0.15, 0.2) is 0 Å². The zero-order chi connectivity index (χ0) is 8.67. The first kappa shape index (κ1) is 6.95. The third-order valence-corrected chi connectivity index (χ3v) is 2.58. The molecule has 66 valence electrons. The van der Waals surface area contributed by atoms with Crippen LogP contribution in [0.1, 0.15) is 6.42 Å². The molecular formula is C10H11N3. The summed E-state index contributed by atoms with van der Waals surface area (Å²) in [5.41, 5.74) is 2.34. The highest BCUT2D eigenvalue weighted by molar-refractivity contribution is 5.75. The summed E-state index contributed by atoms with van der Waals surface area (Å²) in [7, 11) is 0. The van der Waals surface area contributed by atoms with E-state index in [-0.39, 0.29) is 6.17 Å². The van der Waals surface area contributed by atoms with Crippen molar-refractivity contribution < 1.29 is 0 Å². The quantitative estimate of drug-likeness (QED) is 0.626. The van der Waals surface area contributed by atoms with Crippen LogP contribution in [0.5, 0.6) is 0 Å². The molecule has 3 nitrogen and oxygen atoms in total. The minimum absolute atomic E-state index is 0.231. The van der Waals surface area contributed by atoms with Crippen LogP contribution in [0.4, 0.5) is 11.4 Å². The lowest BCUT2D eigenvalue weighted by Crippen LogP contribution is -2.38. The molecule has 0 bridgehead atoms. The van der Waals surface area contributed by atoms with Gasteiger partial charge in [-0.3, -0.25) is 4.99 Å². The minimum atomic E-state index is 0.231. The monoisotopic (exact) mass is 173 g/mol. The normalized spacial score (nSPS) is 28.6. The number of benzene rings is 1. The molecule has 13 heavy (non-hydrogen) atoms. The summed E-state index contributed by atoms with van der Waals surface area (Å²) in [5.74, 6) is 0. The number of fused-ring (bicyclic) bond motifs is 2. The molecule has 3 rings (SSSR count). The third-order valence-electron chi connectivity index (χ3n) is 2.58. The molecule has 0 spiro atoms. The van der Waals surface area contributed by atoms with Gasteiger partial charge in [-0.1, -0.05) is 12.1 Å². The minimum Gasteiger partial charge on any atom is -0.376 e. The van der Waals surface area contributed by atoms with Crippen LogP contribution in [0, 0.1) is 0 Å². The highest BCUT2D eigenvalue weighted by Gasteiger charge is 2.28. The smallest absolute Gasteiger partial charge is 0.139 e. The average Bonchev–Trinajstić information content (AvgIpc) is 2.61. The van der Waals surface area contributed by atoms with Crippen LogP contribution >= 0.6 is 0 Å². The zero-order valence-electron chi connectivity index (χ0n) is 7.20. The highest BCUT2D eigenvalue weighted by atomic mass is 15.2. The van der Waals surface area contributed by atoms with Crippen molar-refractivity contribution in [1.82, 2.24) is 0 Å². The van der Waals surface area contributed by atoms with Crippen LogP contribution in [-0.2, 0) is 0 Å². The second kappa shape index (κ2) is 2.49. The number of anilines is 2. The van der Waals surface area contributed by atoms with E-state index in [1.165, 1.54) is 5.69 Å². The molecular weight excluding hydrogens is 162 g/mol. The summed E-state index contributed by atoms with van der Waals surface area (Å²) >= 11 is 0. The molecule has 1 aromatic carbocycles. The van der Waals surface area contributed by atoms with Crippen molar-refractivity contribution in [2.75, 3.05) is 10.6 Å². The number of aliphatic imine (C=N–C) groups is 1. The van der Waals surface area contributed by atoms with Crippen LogP contribution < -0.4 is 10.6 Å². The Labute approximate surface area is 76.9 Å². The van der Waals surface area contributed by atoms with Crippen molar-refractivity contribution in [2.45, 2.75) is 18.6 Å². The molecule has 1 aromatic rings. The number of nitrogens with one attached hydrogen (secondary N) is 2. The van der Waals surface area contributed by atoms with Crippen LogP contribution in [0.2, 0.25) is 0 Å². The lowest BCUT2D eigenvalue weighted by Gasteiger charge is -2.29. The zero-order valence-corrected chi connectivity index (χ0v) is 7.20. The van der Waals surface area contributed by atoms with Crippen molar-refractivity contribution in [3.05, 3.63) is 24.3 Å². The van der Waals surface area contributed by atoms with E-state index in [0.717, 1.165) is 12.1 Å². The predicted octanol–water partition coefficient (Wildman–Crippen LogP) is 1.69. The number of hydrogen-bond donors (Lipinski definition) is 2. The van der Waals surface area contributed by atoms with Gasteiger partial charge in [-0.2, -0.15) is 0 Å². The lowest BCUT2D eigenvalue weighted by atomic mass is 10.1. The maximum absolute atomic E-state index is 4.36. The van der Waals surface area contributed by atoms with E-state index < -0.39 is 0 Å². The second-order valence-electron chi connectivity index (χ2n) is 3.45. The Morgan fingerprint density at radius 1 is 1.15 bits per heavy atom. The topological polar surface area (TPSA) is 36.4 Å². The third kappa shape index (κ3) is 1.00. The van der Waals surface area contributed by atoms with Crippen LogP contribution in [-0.4, -0.2) is 18.4 Å². The maximum atomic E-state index is 4.36. The van der Waals surface area contributed by atoms with E-state index in [1.807, 2.05) is 18.3 Å². The Balaban J connectivity index is 2.00. The standard InChI is InChI=1S/C10H11N3/c1-2-4-8-7(3-1)12-9-5-6-11-10(9)13-8/h1-4,6,9-10,12-13H,5H2/t9-,10-/m1/s1. The van der Waals surface area contributed by atoms with Crippen molar-refractivity contribution in [1.29, 1.82) is 0 Å². The molecule has 0 aromatic heterocycles. The SMILES string of the molecule is C1=N[C@@H]2Nc3ccccc3N[C@@H]2C1. The van der Waals surface area contributed by atoms with Gasteiger partial charge in [0.1, 0.15) is 6.17 Å². The van der Waals surface area contributed by atoms with Crippen molar-refractivity contribution in [3.8, 4) is 0 Å². The van der Waals surface area contributed by atoms with Gasteiger partial charge in [0.05, 0.1) is 17.4 Å². The predicted molar refractivity (Wildman–Crippen MR) is 54.4 cm³/mol. The lowest BCUT2D eigenvalue weighted by molar-refractivity contribution is 0.655. The molecule has 0 radical (unpaired) electrons. The molecule has 0 saturated heterocycles. The molecule has 2 heterocycles. The van der Waals surface area contributed by atoms with Gasteiger partial charge in [0, 0.05) is 12.6 Å². The number of para-hydroxylation sites is 2. The van der Waals surface area contributed by atoms with Crippen LogP contribution in [0.25, 0.3) is 0 Å². The van der Waals surface area contributed by atoms with E-state index in [4.69, 9.17) is 0 Å². The first-order valence-corrected chi connectivity index (χ1v) is 4.57. The molecule has 0 amide bonds. The summed E-state index contributed by atoms with van der Waals surface area (Å²) in [6.07, 6.45) is 3.24. The number of nitrogens with zero attached hydrogens (tertiary/aromatic N) is 1. The number of rotatable bonds is 0. The first-order valence-electron chi connectivity index (χ1n) is 4.57. The number of hydrogen-bond acceptors (Lipinski definition) is 3. The Morgan fingerprint density at radius 2 is 1.92 bits per heavy atom. The van der Waals surface area contributed by atoms with Gasteiger partial charge in [-0.15, -0.1) is 0 Å². The average molecular weight is 173 g/mol. The van der Waals surface area contributed by atoms with E-state index in [9.17, 15) is 0 Å². The maximum Gasteiger partial charge on any atom is 0.139 e. The molecule has 0 aliphatic carbocycles. The highest BCUT2D eigenvalue weighted by Crippen LogP contribution is 2.30. The second-order valence-corrected chi connectivity index (χ2v) is 3.45. The van der Waals surface area contributed by atoms with E-state index in [0.29, 0.717) is 6.04 Å². The van der Waals surface area contributed by atoms with Gasteiger partial charge < -0.3 is 10.6 Å². The molecule has 0 fully saturated rings. The van der Waals surface area contributed by atoms with E-state index in [2.05, 4.69) is 27.8 Å². The van der Waals surface area contributed by atoms with Gasteiger partial charge in [-0.05, 0) is 12.1 Å². The van der Waals surface area contributed by atoms with Crippen molar-refractivity contribution in [2.24, 2.45) is 4.99 Å². The van der Waals surface area contributed by atoms with Crippen molar-refractivity contribution >= 4 is 17.6 Å². The Morgan fingerprint density at radius 3 is 2.77 bits per heavy atom. The van der Waals surface area contributed by atoms with Crippen LogP contribution in [0.15, 0.2) is 29.3 Å². The largest absolute Gasteiger partial charge is 0.376 e. The van der Waals surface area contributed by atoms with Crippen molar-refractivity contribution in [3.63, 3.8) is 0 Å². The molecule has 3 heteroatoms. The van der Waals surface area contributed by atoms with Gasteiger partial charge in [0.2, 0.25) is 0 Å². The molecule has 0 unspecified atom stereocenters. The van der Waals surface area contributed by atoms with Crippen LogP contribution in [0.3, 0.4) is 0 Å². The summed E-state index contributed by atoms with van der Waals surface area (Å²) in [6, 6.07) is 8.69. The molecule has 2 N–H and O–H groups in total. The molecule has 2 aliphatic heterocycles. The Hall–Kier alpha value is -1.51. The molecule has 0 saturated carbocycles. The summed E-state index contributed by atoms with van der Waals surface area (Å²) in [4.78, 5) is 4.36. The summed E-state index contributed by atoms with van der Waals surface area (Å²) < 4.78 is 0. The Bertz CT molecular complexity index is 359. The molecule has 2 aliphatic rings. The fourth-order valence-corrected chi connectivity index (χ4v) is 1.89. The fourth-order valence-electron chi connectivity index (χ4n) is 1.89. The van der Waals surface area contributed by atoms with Gasteiger partial charge >= 0.3 is 0 Å². The fraction of sp³-hybridized carbons (Fsp3) is 0.300. The first-order chi connectivity index (χ1) is 6.43. The Kier molecular flexibility index (Phi) is 1.33. The molecule has 2 atom stereocenters.